The van der Waals surface area contributed by atoms with Crippen LogP contribution in [0.1, 0.15) is 5.76 Å². The summed E-state index contributed by atoms with van der Waals surface area (Å²) in [4.78, 5) is 5.50. The van der Waals surface area contributed by atoms with E-state index in [2.05, 4.69) is 39.9 Å². The fourth-order valence-electron chi connectivity index (χ4n) is 1.83. The lowest BCUT2D eigenvalue weighted by Crippen LogP contribution is -2.39. The molecule has 0 saturated heterocycles. The lowest BCUT2D eigenvalue weighted by atomic mass is 10.3. The van der Waals surface area contributed by atoms with Crippen LogP contribution in [0.5, 0.6) is 0 Å². The fraction of sp³-hybridized carbons (Fsp3) is 0.312. The average molecular weight is 431 g/mol. The van der Waals surface area contributed by atoms with Crippen LogP contribution in [-0.4, -0.2) is 31.8 Å². The molecule has 0 aliphatic carbocycles. The van der Waals surface area contributed by atoms with E-state index >= 15 is 0 Å². The van der Waals surface area contributed by atoms with E-state index in [1.165, 1.54) is 4.90 Å². The Balaban J connectivity index is 0.00000242. The van der Waals surface area contributed by atoms with Gasteiger partial charge in [-0.25, -0.2) is 0 Å². The van der Waals surface area contributed by atoms with Crippen LogP contribution in [-0.2, 0) is 6.42 Å². The van der Waals surface area contributed by atoms with Gasteiger partial charge in [-0.05, 0) is 24.3 Å². The van der Waals surface area contributed by atoms with Gasteiger partial charge in [-0.3, -0.25) is 4.99 Å². The first-order valence-corrected chi connectivity index (χ1v) is 8.02. The van der Waals surface area contributed by atoms with Crippen molar-refractivity contribution in [2.75, 3.05) is 25.9 Å². The summed E-state index contributed by atoms with van der Waals surface area (Å²) in [7, 11) is 1.78. The monoisotopic (exact) mass is 431 g/mol. The third kappa shape index (κ3) is 7.22. The number of hydrogen-bond donors (Lipinski definition) is 2. The van der Waals surface area contributed by atoms with E-state index in [0.717, 1.165) is 37.0 Å². The zero-order valence-electron chi connectivity index (χ0n) is 12.6. The van der Waals surface area contributed by atoms with Gasteiger partial charge in [0.15, 0.2) is 5.96 Å². The highest BCUT2D eigenvalue weighted by Gasteiger charge is 1.99. The molecule has 0 aliphatic heterocycles. The predicted molar refractivity (Wildman–Crippen MR) is 104 cm³/mol. The molecule has 0 unspecified atom stereocenters. The maximum Gasteiger partial charge on any atom is 0.191 e. The quantitative estimate of drug-likeness (QED) is 0.232. The van der Waals surface area contributed by atoms with E-state index in [0.29, 0.717) is 0 Å². The first-order valence-electron chi connectivity index (χ1n) is 7.03. The largest absolute Gasteiger partial charge is 0.469 e. The molecular formula is C16H22IN3OS. The standard InChI is InChI=1S/C16H21N3OS.HI/c1-17-16(18-10-9-14-6-5-12-20-14)19-11-13-21-15-7-3-2-4-8-15;/h2-8,12H,9-11,13H2,1H3,(H2,17,18,19);1H. The molecule has 2 aromatic rings. The van der Waals surface area contributed by atoms with Crippen LogP contribution in [0.25, 0.3) is 0 Å². The number of guanidine groups is 1. The van der Waals surface area contributed by atoms with Crippen LogP contribution in [0.15, 0.2) is 63.0 Å². The molecule has 22 heavy (non-hydrogen) atoms. The summed E-state index contributed by atoms with van der Waals surface area (Å²) in [6, 6.07) is 14.3. The second-order valence-electron chi connectivity index (χ2n) is 4.42. The molecule has 0 aliphatic rings. The van der Waals surface area contributed by atoms with E-state index in [1.807, 2.05) is 30.0 Å². The number of rotatable bonds is 7. The van der Waals surface area contributed by atoms with Gasteiger partial charge in [0.05, 0.1) is 6.26 Å². The molecule has 0 spiro atoms. The Labute approximate surface area is 153 Å². The predicted octanol–water partition coefficient (Wildman–Crippen LogP) is 3.40. The highest BCUT2D eigenvalue weighted by molar-refractivity contribution is 14.0. The van der Waals surface area contributed by atoms with Gasteiger partial charge in [-0.1, -0.05) is 18.2 Å². The summed E-state index contributed by atoms with van der Waals surface area (Å²) < 4.78 is 5.29. The summed E-state index contributed by atoms with van der Waals surface area (Å²) in [6.07, 6.45) is 2.55. The van der Waals surface area contributed by atoms with Gasteiger partial charge in [-0.2, -0.15) is 0 Å². The summed E-state index contributed by atoms with van der Waals surface area (Å²) in [5.74, 6) is 2.82. The van der Waals surface area contributed by atoms with Crippen molar-refractivity contribution >= 4 is 41.7 Å². The van der Waals surface area contributed by atoms with E-state index in [-0.39, 0.29) is 24.0 Å². The second kappa shape index (κ2) is 11.4. The number of halogens is 1. The Bertz CT molecular complexity index is 532. The zero-order valence-corrected chi connectivity index (χ0v) is 15.8. The Kier molecular flexibility index (Phi) is 9.81. The van der Waals surface area contributed by atoms with Crippen molar-refractivity contribution in [3.8, 4) is 0 Å². The molecule has 4 nitrogen and oxygen atoms in total. The van der Waals surface area contributed by atoms with Crippen LogP contribution < -0.4 is 10.6 Å². The molecule has 120 valence electrons. The first-order chi connectivity index (χ1) is 10.4. The van der Waals surface area contributed by atoms with E-state index in [4.69, 9.17) is 4.42 Å². The van der Waals surface area contributed by atoms with Crippen molar-refractivity contribution in [3.63, 3.8) is 0 Å². The first kappa shape index (κ1) is 18.9. The number of nitrogens with zero attached hydrogens (tertiary/aromatic N) is 1. The number of furan rings is 1. The second-order valence-corrected chi connectivity index (χ2v) is 5.58. The van der Waals surface area contributed by atoms with Gasteiger partial charge < -0.3 is 15.1 Å². The van der Waals surface area contributed by atoms with Crippen molar-refractivity contribution in [2.45, 2.75) is 11.3 Å². The van der Waals surface area contributed by atoms with Crippen molar-refractivity contribution in [2.24, 2.45) is 4.99 Å². The maximum atomic E-state index is 5.29. The molecule has 0 saturated carbocycles. The molecule has 1 aromatic heterocycles. The van der Waals surface area contributed by atoms with Gasteiger partial charge in [0.2, 0.25) is 0 Å². The minimum absolute atomic E-state index is 0. The molecule has 0 radical (unpaired) electrons. The molecule has 2 rings (SSSR count). The minimum Gasteiger partial charge on any atom is -0.469 e. The number of aliphatic imine (C=N–C) groups is 1. The fourth-order valence-corrected chi connectivity index (χ4v) is 2.62. The smallest absolute Gasteiger partial charge is 0.191 e. The number of benzene rings is 1. The summed E-state index contributed by atoms with van der Waals surface area (Å²) >= 11 is 1.83. The third-order valence-corrected chi connectivity index (χ3v) is 3.89. The normalized spacial score (nSPS) is 10.9. The molecule has 0 bridgehead atoms. The Morgan fingerprint density at radius 1 is 1.09 bits per heavy atom. The minimum atomic E-state index is 0. The SMILES string of the molecule is CN=C(NCCSc1ccccc1)NCCc1ccco1.I. The van der Waals surface area contributed by atoms with Gasteiger partial charge in [0, 0.05) is 37.2 Å². The van der Waals surface area contributed by atoms with Gasteiger partial charge in [0.1, 0.15) is 5.76 Å². The number of nitrogens with one attached hydrogen (secondary N) is 2. The third-order valence-electron chi connectivity index (χ3n) is 2.87. The molecule has 1 heterocycles. The number of thioether (sulfide) groups is 1. The summed E-state index contributed by atoms with van der Waals surface area (Å²) in [5, 5.41) is 6.58. The molecule has 2 N–H and O–H groups in total. The van der Waals surface area contributed by atoms with Gasteiger partial charge in [-0.15, -0.1) is 35.7 Å². The van der Waals surface area contributed by atoms with Crippen molar-refractivity contribution in [1.82, 2.24) is 10.6 Å². The van der Waals surface area contributed by atoms with Crippen molar-refractivity contribution < 1.29 is 4.42 Å². The lowest BCUT2D eigenvalue weighted by molar-refractivity contribution is 0.507. The van der Waals surface area contributed by atoms with Gasteiger partial charge in [0.25, 0.3) is 0 Å². The molecule has 0 atom stereocenters. The molecule has 1 aromatic carbocycles. The molecule has 0 fully saturated rings. The zero-order chi connectivity index (χ0) is 14.8. The molecule has 6 heteroatoms. The Morgan fingerprint density at radius 2 is 1.86 bits per heavy atom. The van der Waals surface area contributed by atoms with Crippen LogP contribution >= 0.6 is 35.7 Å². The highest BCUT2D eigenvalue weighted by atomic mass is 127. The number of hydrogen-bond acceptors (Lipinski definition) is 3. The lowest BCUT2D eigenvalue weighted by Gasteiger charge is -2.11. The van der Waals surface area contributed by atoms with Crippen LogP contribution in [0.4, 0.5) is 0 Å². The maximum absolute atomic E-state index is 5.29. The highest BCUT2D eigenvalue weighted by Crippen LogP contribution is 2.15. The van der Waals surface area contributed by atoms with Crippen LogP contribution in [0, 0.1) is 0 Å². The average Bonchev–Trinajstić information content (AvgIpc) is 3.04. The summed E-state index contributed by atoms with van der Waals surface area (Å²) in [5.41, 5.74) is 0. The molecular weight excluding hydrogens is 409 g/mol. The van der Waals surface area contributed by atoms with E-state index in [9.17, 15) is 0 Å². The van der Waals surface area contributed by atoms with Crippen LogP contribution in [0.3, 0.4) is 0 Å². The van der Waals surface area contributed by atoms with E-state index < -0.39 is 0 Å². The van der Waals surface area contributed by atoms with Crippen LogP contribution in [0.2, 0.25) is 0 Å². The van der Waals surface area contributed by atoms with Gasteiger partial charge >= 0.3 is 0 Å². The van der Waals surface area contributed by atoms with Crippen molar-refractivity contribution in [1.29, 1.82) is 0 Å². The van der Waals surface area contributed by atoms with E-state index in [1.54, 1.807) is 13.3 Å². The summed E-state index contributed by atoms with van der Waals surface area (Å²) in [6.45, 7) is 1.68. The molecule has 0 amide bonds. The Hall–Kier alpha value is -1.15. The topological polar surface area (TPSA) is 49.6 Å². The van der Waals surface area contributed by atoms with Crippen molar-refractivity contribution in [3.05, 3.63) is 54.5 Å². The Morgan fingerprint density at radius 3 is 2.55 bits per heavy atom.